The van der Waals surface area contributed by atoms with Gasteiger partial charge in [0.15, 0.2) is 0 Å². The molecule has 3 nitrogen and oxygen atoms in total. The third kappa shape index (κ3) is 3.74. The van der Waals surface area contributed by atoms with Crippen molar-refractivity contribution in [1.82, 2.24) is 5.32 Å². The zero-order valence-electron chi connectivity index (χ0n) is 7.09. The summed E-state index contributed by atoms with van der Waals surface area (Å²) in [5.74, 6) is 0.219. The maximum Gasteiger partial charge on any atom is 0.148 e. The van der Waals surface area contributed by atoms with Crippen LogP contribution in [0.1, 0.15) is 12.8 Å². The Morgan fingerprint density at radius 2 is 2.08 bits per heavy atom. The Balaban J connectivity index is 2.04. The Hall–Kier alpha value is 0.200. The van der Waals surface area contributed by atoms with Gasteiger partial charge in [0.1, 0.15) is 9.84 Å². The largest absolute Gasteiger partial charge is 0.313 e. The molecule has 12 heavy (non-hydrogen) atoms. The van der Waals surface area contributed by atoms with Gasteiger partial charge in [-0.2, -0.15) is 0 Å². The van der Waals surface area contributed by atoms with E-state index in [0.717, 1.165) is 12.8 Å². The molecule has 5 heteroatoms. The van der Waals surface area contributed by atoms with Gasteiger partial charge in [0.05, 0.1) is 5.75 Å². The van der Waals surface area contributed by atoms with Crippen molar-refractivity contribution >= 4 is 21.4 Å². The molecular formula is C7H14ClNO2S. The summed E-state index contributed by atoms with van der Waals surface area (Å²) in [5.41, 5.74) is 0. The van der Waals surface area contributed by atoms with Crippen LogP contribution in [-0.2, 0) is 9.84 Å². The molecule has 0 aromatic heterocycles. The fraction of sp³-hybridized carbons (Fsp3) is 1.00. The van der Waals surface area contributed by atoms with Gasteiger partial charge < -0.3 is 5.32 Å². The third-order valence-electron chi connectivity index (χ3n) is 1.99. The zero-order chi connectivity index (χ0) is 9.19. The number of halogens is 1. The predicted molar refractivity (Wildman–Crippen MR) is 50.4 cm³/mol. The van der Waals surface area contributed by atoms with Crippen molar-refractivity contribution in [1.29, 1.82) is 0 Å². The Bertz CT molecular complexity index is 234. The van der Waals surface area contributed by atoms with E-state index in [4.69, 9.17) is 11.6 Å². The lowest BCUT2D eigenvalue weighted by molar-refractivity contribution is 0.354. The predicted octanol–water partition coefficient (Wildman–Crippen LogP) is 0.390. The fourth-order valence-corrected chi connectivity index (χ4v) is 2.08. The van der Waals surface area contributed by atoms with E-state index in [-0.39, 0.29) is 5.75 Å². The van der Waals surface area contributed by atoms with Gasteiger partial charge in [0, 0.05) is 24.2 Å². The van der Waals surface area contributed by atoms with Crippen molar-refractivity contribution in [2.24, 2.45) is 0 Å². The second kappa shape index (κ2) is 3.94. The highest BCUT2D eigenvalue weighted by molar-refractivity contribution is 7.90. The number of nitrogens with one attached hydrogen (secondary N) is 1. The van der Waals surface area contributed by atoms with Crippen molar-refractivity contribution in [3.05, 3.63) is 0 Å². The first-order valence-electron chi connectivity index (χ1n) is 4.02. The van der Waals surface area contributed by atoms with Gasteiger partial charge >= 0.3 is 0 Å². The molecule has 0 saturated heterocycles. The number of hydrogen-bond acceptors (Lipinski definition) is 3. The van der Waals surface area contributed by atoms with Crippen molar-refractivity contribution < 1.29 is 8.42 Å². The lowest BCUT2D eigenvalue weighted by atomic mass is 9.92. The maximum absolute atomic E-state index is 10.7. The van der Waals surface area contributed by atoms with E-state index in [9.17, 15) is 8.42 Å². The minimum absolute atomic E-state index is 0.219. The Morgan fingerprint density at radius 3 is 2.50 bits per heavy atom. The van der Waals surface area contributed by atoms with Crippen LogP contribution >= 0.6 is 11.6 Å². The molecule has 1 aliphatic rings. The fourth-order valence-electron chi connectivity index (χ4n) is 1.16. The minimum atomic E-state index is -2.81. The quantitative estimate of drug-likeness (QED) is 0.685. The number of rotatable bonds is 4. The molecule has 0 heterocycles. The lowest BCUT2D eigenvalue weighted by Crippen LogP contribution is -2.43. The SMILES string of the molecule is CS(=O)(=O)CCNC1CC(Cl)C1. The minimum Gasteiger partial charge on any atom is -0.313 e. The highest BCUT2D eigenvalue weighted by Crippen LogP contribution is 2.24. The van der Waals surface area contributed by atoms with E-state index in [0.29, 0.717) is 18.0 Å². The van der Waals surface area contributed by atoms with E-state index in [1.165, 1.54) is 6.26 Å². The molecule has 0 aliphatic heterocycles. The van der Waals surface area contributed by atoms with Gasteiger partial charge in [-0.3, -0.25) is 0 Å². The molecule has 0 aromatic rings. The lowest BCUT2D eigenvalue weighted by Gasteiger charge is -2.31. The molecule has 0 spiro atoms. The molecule has 1 aliphatic carbocycles. The molecule has 1 saturated carbocycles. The summed E-state index contributed by atoms with van der Waals surface area (Å²) in [4.78, 5) is 0. The van der Waals surface area contributed by atoms with Gasteiger partial charge in [-0.1, -0.05) is 0 Å². The molecule has 0 bridgehead atoms. The average Bonchev–Trinajstić information content (AvgIpc) is 1.81. The molecule has 1 fully saturated rings. The number of hydrogen-bond donors (Lipinski definition) is 1. The second-order valence-electron chi connectivity index (χ2n) is 3.35. The monoisotopic (exact) mass is 211 g/mol. The summed E-state index contributed by atoms with van der Waals surface area (Å²) < 4.78 is 21.4. The smallest absolute Gasteiger partial charge is 0.148 e. The summed E-state index contributed by atoms with van der Waals surface area (Å²) in [6.45, 7) is 0.549. The van der Waals surface area contributed by atoms with Gasteiger partial charge in [-0.15, -0.1) is 11.6 Å². The Labute approximate surface area is 78.4 Å². The highest BCUT2D eigenvalue weighted by Gasteiger charge is 2.26. The van der Waals surface area contributed by atoms with Crippen molar-refractivity contribution in [3.8, 4) is 0 Å². The van der Waals surface area contributed by atoms with Crippen molar-refractivity contribution in [2.45, 2.75) is 24.3 Å². The van der Waals surface area contributed by atoms with E-state index < -0.39 is 9.84 Å². The van der Waals surface area contributed by atoms with E-state index in [1.807, 2.05) is 0 Å². The van der Waals surface area contributed by atoms with E-state index in [2.05, 4.69) is 5.32 Å². The van der Waals surface area contributed by atoms with Gasteiger partial charge in [-0.25, -0.2) is 8.42 Å². The van der Waals surface area contributed by atoms with Gasteiger partial charge in [-0.05, 0) is 12.8 Å². The molecule has 0 unspecified atom stereocenters. The summed E-state index contributed by atoms with van der Waals surface area (Å²) >= 11 is 5.75. The summed E-state index contributed by atoms with van der Waals surface area (Å²) in [7, 11) is -2.81. The van der Waals surface area contributed by atoms with Crippen LogP contribution in [0.15, 0.2) is 0 Å². The highest BCUT2D eigenvalue weighted by atomic mass is 35.5. The summed E-state index contributed by atoms with van der Waals surface area (Å²) in [6, 6.07) is 0.439. The first kappa shape index (κ1) is 10.3. The molecule has 0 radical (unpaired) electrons. The standard InChI is InChI=1S/C7H14ClNO2S/c1-12(10,11)3-2-9-7-4-6(8)5-7/h6-7,9H,2-5H2,1H3. The van der Waals surface area contributed by atoms with E-state index >= 15 is 0 Å². The van der Waals surface area contributed by atoms with Crippen LogP contribution in [0.5, 0.6) is 0 Å². The molecule has 1 rings (SSSR count). The average molecular weight is 212 g/mol. The maximum atomic E-state index is 10.7. The van der Waals surface area contributed by atoms with Gasteiger partial charge in [0.25, 0.3) is 0 Å². The molecular weight excluding hydrogens is 198 g/mol. The molecule has 1 N–H and O–H groups in total. The molecule has 0 amide bonds. The van der Waals surface area contributed by atoms with Crippen LogP contribution < -0.4 is 5.32 Å². The number of sulfone groups is 1. The first-order valence-corrected chi connectivity index (χ1v) is 6.52. The van der Waals surface area contributed by atoms with Crippen LogP contribution in [0.3, 0.4) is 0 Å². The van der Waals surface area contributed by atoms with Crippen LogP contribution in [0, 0.1) is 0 Å². The number of alkyl halides is 1. The Morgan fingerprint density at radius 1 is 1.50 bits per heavy atom. The van der Waals surface area contributed by atoms with Crippen LogP contribution in [-0.4, -0.2) is 38.4 Å². The summed E-state index contributed by atoms with van der Waals surface area (Å²) in [5, 5.41) is 3.43. The van der Waals surface area contributed by atoms with Gasteiger partial charge in [0.2, 0.25) is 0 Å². The molecule has 0 aromatic carbocycles. The normalized spacial score (nSPS) is 29.8. The van der Waals surface area contributed by atoms with Crippen LogP contribution in [0.4, 0.5) is 0 Å². The van der Waals surface area contributed by atoms with Crippen LogP contribution in [0.25, 0.3) is 0 Å². The van der Waals surface area contributed by atoms with E-state index in [1.54, 1.807) is 0 Å². The Kier molecular flexibility index (Phi) is 3.37. The van der Waals surface area contributed by atoms with Crippen molar-refractivity contribution in [2.75, 3.05) is 18.6 Å². The third-order valence-corrected chi connectivity index (χ3v) is 3.29. The first-order chi connectivity index (χ1) is 5.47. The van der Waals surface area contributed by atoms with Crippen molar-refractivity contribution in [3.63, 3.8) is 0 Å². The topological polar surface area (TPSA) is 46.2 Å². The molecule has 72 valence electrons. The zero-order valence-corrected chi connectivity index (χ0v) is 8.66. The second-order valence-corrected chi connectivity index (χ2v) is 6.23. The van der Waals surface area contributed by atoms with Crippen LogP contribution in [0.2, 0.25) is 0 Å². The summed E-state index contributed by atoms with van der Waals surface area (Å²) in [6.07, 6.45) is 3.18. The molecule has 0 atom stereocenters.